The Morgan fingerprint density at radius 2 is 1.58 bits per heavy atom. The van der Waals surface area contributed by atoms with E-state index in [1.165, 1.54) is 13.8 Å². The molecule has 2 N–H and O–H groups in total. The number of hydrogen-bond donors (Lipinski definition) is 2. The van der Waals surface area contributed by atoms with Gasteiger partial charge < -0.3 is 29.4 Å². The summed E-state index contributed by atoms with van der Waals surface area (Å²) >= 11 is 0. The van der Waals surface area contributed by atoms with Crippen LogP contribution in [0.5, 0.6) is 0 Å². The van der Waals surface area contributed by atoms with Gasteiger partial charge in [0.1, 0.15) is 24.9 Å². The van der Waals surface area contributed by atoms with Crippen molar-refractivity contribution in [3.05, 3.63) is 0 Å². The molecule has 1 fully saturated rings. The molecular weight excluding hydrogens is 326 g/mol. The number of aliphatic hydroxyl groups is 1. The van der Waals surface area contributed by atoms with Crippen LogP contribution in [-0.4, -0.2) is 66.2 Å². The number of carbonyl (C=O) groups excluding carboxylic acids is 4. The van der Waals surface area contributed by atoms with Gasteiger partial charge in [0.25, 0.3) is 0 Å². The number of carbonyl (C=O) groups is 4. The molecule has 5 atom stereocenters. The van der Waals surface area contributed by atoms with Crippen LogP contribution in [0.2, 0.25) is 0 Å². The van der Waals surface area contributed by atoms with Gasteiger partial charge in [-0.15, -0.1) is 0 Å². The average Bonchev–Trinajstić information content (AvgIpc) is 2.42. The standard InChI is InChI=1S/C14H21NO9/c1-6(16)15-11-12(20)13(22-8(3)18)10(5-21-7(2)17)24-14(11)23-9(4)19/h10-14,20H,5H2,1-4H3,(H,15,16)/t10-,11+,12-,13-,14+/m1/s1. The number of aliphatic hydroxyl groups excluding tert-OH is 1. The summed E-state index contributed by atoms with van der Waals surface area (Å²) in [6.45, 7) is 4.28. The maximum Gasteiger partial charge on any atom is 0.305 e. The first-order chi connectivity index (χ1) is 11.1. The monoisotopic (exact) mass is 347 g/mol. The minimum absolute atomic E-state index is 0.338. The SMILES string of the molecule is CC(=O)N[C@@H]1[C@@H](OC(C)=O)O[C@H](COC(C)=O)[C@@H](OC(C)=O)[C@@H]1O. The third-order valence-electron chi connectivity index (χ3n) is 3.08. The van der Waals surface area contributed by atoms with E-state index in [1.807, 2.05) is 0 Å². The van der Waals surface area contributed by atoms with E-state index in [1.54, 1.807) is 0 Å². The summed E-state index contributed by atoms with van der Waals surface area (Å²) in [5.41, 5.74) is 0. The Kier molecular flexibility index (Phi) is 7.11. The van der Waals surface area contributed by atoms with Crippen molar-refractivity contribution in [1.82, 2.24) is 5.32 Å². The molecule has 1 saturated heterocycles. The molecule has 0 spiro atoms. The quantitative estimate of drug-likeness (QED) is 0.456. The van der Waals surface area contributed by atoms with Crippen molar-refractivity contribution in [2.75, 3.05) is 6.61 Å². The van der Waals surface area contributed by atoms with Crippen molar-refractivity contribution in [3.63, 3.8) is 0 Å². The van der Waals surface area contributed by atoms with Gasteiger partial charge in [-0.2, -0.15) is 0 Å². The van der Waals surface area contributed by atoms with E-state index in [-0.39, 0.29) is 6.61 Å². The van der Waals surface area contributed by atoms with Gasteiger partial charge >= 0.3 is 17.9 Å². The van der Waals surface area contributed by atoms with Crippen LogP contribution in [0.25, 0.3) is 0 Å². The highest BCUT2D eigenvalue weighted by molar-refractivity contribution is 5.73. The number of nitrogens with one attached hydrogen (secondary N) is 1. The number of esters is 3. The van der Waals surface area contributed by atoms with Gasteiger partial charge in [-0.1, -0.05) is 0 Å². The van der Waals surface area contributed by atoms with Crippen molar-refractivity contribution in [2.24, 2.45) is 0 Å². The topological polar surface area (TPSA) is 137 Å². The van der Waals surface area contributed by atoms with Crippen LogP contribution < -0.4 is 5.32 Å². The van der Waals surface area contributed by atoms with Crippen LogP contribution in [0.15, 0.2) is 0 Å². The molecule has 1 aliphatic rings. The number of rotatable bonds is 5. The molecule has 0 aromatic heterocycles. The second-order valence-corrected chi connectivity index (χ2v) is 5.25. The van der Waals surface area contributed by atoms with Gasteiger partial charge in [0, 0.05) is 27.7 Å². The minimum Gasteiger partial charge on any atom is -0.463 e. The maximum atomic E-state index is 11.3. The lowest BCUT2D eigenvalue weighted by Gasteiger charge is -2.43. The zero-order valence-electron chi connectivity index (χ0n) is 13.8. The third-order valence-corrected chi connectivity index (χ3v) is 3.08. The fourth-order valence-corrected chi connectivity index (χ4v) is 2.24. The van der Waals surface area contributed by atoms with E-state index in [2.05, 4.69) is 5.32 Å². The Morgan fingerprint density at radius 3 is 2.04 bits per heavy atom. The van der Waals surface area contributed by atoms with Gasteiger partial charge in [-0.3, -0.25) is 19.2 Å². The number of ether oxygens (including phenoxy) is 4. The van der Waals surface area contributed by atoms with Crippen molar-refractivity contribution in [3.8, 4) is 0 Å². The van der Waals surface area contributed by atoms with Crippen LogP contribution >= 0.6 is 0 Å². The smallest absolute Gasteiger partial charge is 0.305 e. The molecule has 0 aromatic carbocycles. The number of amides is 1. The van der Waals surface area contributed by atoms with Gasteiger partial charge in [-0.25, -0.2) is 0 Å². The lowest BCUT2D eigenvalue weighted by atomic mass is 9.96. The summed E-state index contributed by atoms with van der Waals surface area (Å²) in [5, 5.41) is 12.8. The molecule has 1 amide bonds. The zero-order valence-corrected chi connectivity index (χ0v) is 13.8. The predicted molar refractivity (Wildman–Crippen MR) is 76.2 cm³/mol. The van der Waals surface area contributed by atoms with Gasteiger partial charge in [-0.05, 0) is 0 Å². The zero-order chi connectivity index (χ0) is 18.4. The Bertz CT molecular complexity index is 504. The van der Waals surface area contributed by atoms with Gasteiger partial charge in [0.05, 0.1) is 0 Å². The summed E-state index contributed by atoms with van der Waals surface area (Å²) in [6, 6.07) is -1.16. The minimum atomic E-state index is -1.45. The maximum absolute atomic E-state index is 11.3. The summed E-state index contributed by atoms with van der Waals surface area (Å²) in [7, 11) is 0. The molecule has 136 valence electrons. The summed E-state index contributed by atoms with van der Waals surface area (Å²) in [4.78, 5) is 44.8. The summed E-state index contributed by atoms with van der Waals surface area (Å²) in [5.74, 6) is -2.54. The highest BCUT2D eigenvalue weighted by Gasteiger charge is 2.49. The fraction of sp³-hybridized carbons (Fsp3) is 0.714. The molecule has 1 aliphatic heterocycles. The van der Waals surface area contributed by atoms with Crippen molar-refractivity contribution in [1.29, 1.82) is 0 Å². The van der Waals surface area contributed by atoms with Crippen molar-refractivity contribution < 1.29 is 43.2 Å². The van der Waals surface area contributed by atoms with Gasteiger partial charge in [0.15, 0.2) is 6.10 Å². The van der Waals surface area contributed by atoms with Crippen LogP contribution in [0.4, 0.5) is 0 Å². The van der Waals surface area contributed by atoms with Crippen molar-refractivity contribution in [2.45, 2.75) is 58.3 Å². The molecule has 0 unspecified atom stereocenters. The lowest BCUT2D eigenvalue weighted by molar-refractivity contribution is -0.267. The van der Waals surface area contributed by atoms with E-state index in [0.29, 0.717) is 0 Å². The summed E-state index contributed by atoms with van der Waals surface area (Å²) in [6.07, 6.45) is -5.10. The Morgan fingerprint density at radius 1 is 1.00 bits per heavy atom. The lowest BCUT2D eigenvalue weighted by Crippen LogP contribution is -2.65. The third kappa shape index (κ3) is 5.78. The van der Waals surface area contributed by atoms with Crippen LogP contribution in [0.1, 0.15) is 27.7 Å². The predicted octanol–water partition coefficient (Wildman–Crippen LogP) is -1.37. The largest absolute Gasteiger partial charge is 0.463 e. The highest BCUT2D eigenvalue weighted by atomic mass is 16.7. The molecule has 0 bridgehead atoms. The highest BCUT2D eigenvalue weighted by Crippen LogP contribution is 2.25. The average molecular weight is 347 g/mol. The van der Waals surface area contributed by atoms with Crippen molar-refractivity contribution >= 4 is 23.8 Å². The summed E-state index contributed by atoms with van der Waals surface area (Å²) < 4.78 is 20.3. The molecule has 0 radical (unpaired) electrons. The van der Waals surface area contributed by atoms with Crippen LogP contribution in [-0.2, 0) is 38.1 Å². The van der Waals surface area contributed by atoms with Gasteiger partial charge in [0.2, 0.25) is 12.2 Å². The second kappa shape index (κ2) is 8.60. The van der Waals surface area contributed by atoms with Crippen LogP contribution in [0.3, 0.4) is 0 Å². The molecule has 10 nitrogen and oxygen atoms in total. The molecule has 1 rings (SSSR count). The normalized spacial score (nSPS) is 29.3. The first-order valence-electron chi connectivity index (χ1n) is 7.20. The molecule has 24 heavy (non-hydrogen) atoms. The van der Waals surface area contributed by atoms with E-state index >= 15 is 0 Å². The Balaban J connectivity index is 3.04. The van der Waals surface area contributed by atoms with Crippen LogP contribution in [0, 0.1) is 0 Å². The number of hydrogen-bond acceptors (Lipinski definition) is 9. The van der Waals surface area contributed by atoms with E-state index < -0.39 is 54.5 Å². The van der Waals surface area contributed by atoms with E-state index in [9.17, 15) is 24.3 Å². The fourth-order valence-electron chi connectivity index (χ4n) is 2.24. The second-order valence-electron chi connectivity index (χ2n) is 5.25. The Labute approximate surface area is 138 Å². The molecule has 0 saturated carbocycles. The molecule has 0 aromatic rings. The molecule has 1 heterocycles. The molecule has 10 heteroatoms. The Hall–Kier alpha value is -2.20. The first kappa shape index (κ1) is 19.8. The van der Waals surface area contributed by atoms with E-state index in [0.717, 1.165) is 13.8 Å². The molecular formula is C14H21NO9. The first-order valence-corrected chi connectivity index (χ1v) is 7.20. The molecule has 0 aliphatic carbocycles. The van der Waals surface area contributed by atoms with E-state index in [4.69, 9.17) is 18.9 Å².